The molecule has 27 heavy (non-hydrogen) atoms. The topological polar surface area (TPSA) is 52.3 Å². The molecule has 0 aliphatic carbocycles. The molecule has 0 atom stereocenters. The summed E-state index contributed by atoms with van der Waals surface area (Å²) in [6, 6.07) is 15.6. The average Bonchev–Trinajstić information content (AvgIpc) is 3.12. The van der Waals surface area contributed by atoms with Crippen molar-refractivity contribution in [1.82, 2.24) is 14.9 Å². The van der Waals surface area contributed by atoms with Crippen molar-refractivity contribution in [3.63, 3.8) is 0 Å². The second-order valence-corrected chi connectivity index (χ2v) is 7.54. The van der Waals surface area contributed by atoms with Gasteiger partial charge >= 0.3 is 0 Å². The molecule has 0 saturated heterocycles. The van der Waals surface area contributed by atoms with Crippen molar-refractivity contribution in [2.75, 3.05) is 12.4 Å². The Hall–Kier alpha value is -2.31. The minimum Gasteiger partial charge on any atom is -0.493 e. The highest BCUT2D eigenvalue weighted by molar-refractivity contribution is 7.99. The van der Waals surface area contributed by atoms with Crippen LogP contribution in [-0.4, -0.2) is 32.9 Å². The Morgan fingerprint density at radius 3 is 2.74 bits per heavy atom. The maximum absolute atomic E-state index is 6.00. The first-order valence-corrected chi connectivity index (χ1v) is 10.3. The number of ether oxygens (including phenoxy) is 1. The van der Waals surface area contributed by atoms with Crippen LogP contribution in [0.2, 0.25) is 5.02 Å². The Kier molecular flexibility index (Phi) is 5.45. The van der Waals surface area contributed by atoms with E-state index in [0.29, 0.717) is 17.5 Å². The molecule has 0 bridgehead atoms. The SMILES string of the molecule is CCCCOc1ccccc1-c1nnc2n1N=C(c1ccc(Cl)cc1)CS2. The van der Waals surface area contributed by atoms with Gasteiger partial charge in [-0.3, -0.25) is 0 Å². The average molecular weight is 399 g/mol. The third-order valence-corrected chi connectivity index (χ3v) is 5.41. The van der Waals surface area contributed by atoms with Crippen LogP contribution in [-0.2, 0) is 0 Å². The predicted molar refractivity (Wildman–Crippen MR) is 110 cm³/mol. The van der Waals surface area contributed by atoms with E-state index < -0.39 is 0 Å². The summed E-state index contributed by atoms with van der Waals surface area (Å²) < 4.78 is 7.77. The number of hydrogen-bond acceptors (Lipinski definition) is 5. The van der Waals surface area contributed by atoms with Crippen LogP contribution < -0.4 is 4.74 Å². The molecule has 1 aliphatic heterocycles. The molecule has 0 fully saturated rings. The quantitative estimate of drug-likeness (QED) is 0.540. The van der Waals surface area contributed by atoms with Gasteiger partial charge < -0.3 is 4.74 Å². The molecule has 0 spiro atoms. The molecule has 0 amide bonds. The minimum atomic E-state index is 0.683. The zero-order valence-electron chi connectivity index (χ0n) is 14.9. The van der Waals surface area contributed by atoms with E-state index >= 15 is 0 Å². The number of halogens is 1. The van der Waals surface area contributed by atoms with Gasteiger partial charge in [-0.15, -0.1) is 10.2 Å². The highest BCUT2D eigenvalue weighted by Gasteiger charge is 2.22. The number of unbranched alkanes of at least 4 members (excludes halogenated alkanes) is 1. The lowest BCUT2D eigenvalue weighted by molar-refractivity contribution is 0.310. The fourth-order valence-electron chi connectivity index (χ4n) is 2.78. The molecule has 5 nitrogen and oxygen atoms in total. The first-order valence-electron chi connectivity index (χ1n) is 8.90. The molecular formula is C20H19ClN4OS. The van der Waals surface area contributed by atoms with Crippen LogP contribution in [0.3, 0.4) is 0 Å². The van der Waals surface area contributed by atoms with Gasteiger partial charge in [-0.25, -0.2) is 0 Å². The van der Waals surface area contributed by atoms with E-state index in [9.17, 15) is 0 Å². The predicted octanol–water partition coefficient (Wildman–Crippen LogP) is 5.14. The van der Waals surface area contributed by atoms with Crippen LogP contribution in [0.25, 0.3) is 11.4 Å². The molecule has 7 heteroatoms. The van der Waals surface area contributed by atoms with Gasteiger partial charge in [-0.2, -0.15) is 9.78 Å². The summed E-state index contributed by atoms with van der Waals surface area (Å²) in [7, 11) is 0. The van der Waals surface area contributed by atoms with Crippen molar-refractivity contribution in [1.29, 1.82) is 0 Å². The lowest BCUT2D eigenvalue weighted by Gasteiger charge is -2.15. The van der Waals surface area contributed by atoms with Crippen LogP contribution in [0.1, 0.15) is 25.3 Å². The highest BCUT2D eigenvalue weighted by Crippen LogP contribution is 2.33. The molecule has 3 aromatic rings. The van der Waals surface area contributed by atoms with E-state index in [1.165, 1.54) is 0 Å². The molecule has 0 saturated carbocycles. The van der Waals surface area contributed by atoms with Crippen molar-refractivity contribution in [2.45, 2.75) is 24.9 Å². The molecule has 1 aromatic heterocycles. The molecule has 4 rings (SSSR count). The van der Waals surface area contributed by atoms with Crippen molar-refractivity contribution in [3.8, 4) is 17.1 Å². The Bertz CT molecular complexity index is 968. The number of fused-ring (bicyclic) bond motifs is 1. The van der Waals surface area contributed by atoms with E-state index in [0.717, 1.165) is 46.3 Å². The summed E-state index contributed by atoms with van der Waals surface area (Å²) >= 11 is 7.63. The van der Waals surface area contributed by atoms with E-state index in [2.05, 4.69) is 17.1 Å². The number of para-hydroxylation sites is 1. The van der Waals surface area contributed by atoms with Gasteiger partial charge in [0.2, 0.25) is 5.16 Å². The lowest BCUT2D eigenvalue weighted by atomic mass is 10.1. The van der Waals surface area contributed by atoms with Crippen LogP contribution in [0.4, 0.5) is 0 Å². The number of nitrogens with zero attached hydrogens (tertiary/aromatic N) is 4. The van der Waals surface area contributed by atoms with Gasteiger partial charge in [0.15, 0.2) is 5.82 Å². The van der Waals surface area contributed by atoms with E-state index in [1.807, 2.05) is 48.5 Å². The summed E-state index contributed by atoms with van der Waals surface area (Å²) in [4.78, 5) is 0. The molecule has 0 unspecified atom stereocenters. The van der Waals surface area contributed by atoms with Crippen LogP contribution >= 0.6 is 23.4 Å². The number of aromatic nitrogens is 3. The standard InChI is InChI=1S/C20H19ClN4OS/c1-2-3-12-26-18-7-5-4-6-16(18)19-22-23-20-25(19)24-17(13-27-20)14-8-10-15(21)11-9-14/h4-11H,2-3,12-13H2,1H3. The minimum absolute atomic E-state index is 0.683. The molecular weight excluding hydrogens is 380 g/mol. The Labute approximate surface area is 167 Å². The van der Waals surface area contributed by atoms with Crippen molar-refractivity contribution in [2.24, 2.45) is 5.10 Å². The molecule has 1 aliphatic rings. The molecule has 2 aromatic carbocycles. The summed E-state index contributed by atoms with van der Waals surface area (Å²) in [5, 5.41) is 15.0. The fourth-order valence-corrected chi connectivity index (χ4v) is 3.75. The second-order valence-electron chi connectivity index (χ2n) is 6.16. The third-order valence-electron chi connectivity index (χ3n) is 4.23. The summed E-state index contributed by atoms with van der Waals surface area (Å²) in [6.45, 7) is 2.83. The van der Waals surface area contributed by atoms with Crippen LogP contribution in [0.5, 0.6) is 5.75 Å². The lowest BCUT2D eigenvalue weighted by Crippen LogP contribution is -2.13. The van der Waals surface area contributed by atoms with Gasteiger partial charge in [0.25, 0.3) is 0 Å². The van der Waals surface area contributed by atoms with E-state index in [1.54, 1.807) is 16.4 Å². The highest BCUT2D eigenvalue weighted by atomic mass is 35.5. The van der Waals surface area contributed by atoms with Gasteiger partial charge in [0.1, 0.15) is 5.75 Å². The first-order chi connectivity index (χ1) is 13.3. The van der Waals surface area contributed by atoms with Crippen molar-refractivity contribution >= 4 is 29.1 Å². The summed E-state index contributed by atoms with van der Waals surface area (Å²) in [5.74, 6) is 2.24. The van der Waals surface area contributed by atoms with Gasteiger partial charge in [-0.05, 0) is 36.2 Å². The van der Waals surface area contributed by atoms with Crippen molar-refractivity contribution < 1.29 is 4.74 Å². The largest absolute Gasteiger partial charge is 0.493 e. The number of thioether (sulfide) groups is 1. The van der Waals surface area contributed by atoms with Gasteiger partial charge in [0.05, 0.1) is 17.9 Å². The zero-order valence-corrected chi connectivity index (χ0v) is 16.5. The van der Waals surface area contributed by atoms with E-state index in [4.69, 9.17) is 21.4 Å². The Balaban J connectivity index is 1.71. The zero-order chi connectivity index (χ0) is 18.6. The summed E-state index contributed by atoms with van der Waals surface area (Å²) in [6.07, 6.45) is 2.11. The molecule has 138 valence electrons. The molecule has 2 heterocycles. The van der Waals surface area contributed by atoms with Crippen LogP contribution in [0.15, 0.2) is 58.8 Å². The Morgan fingerprint density at radius 1 is 1.11 bits per heavy atom. The van der Waals surface area contributed by atoms with Gasteiger partial charge in [-0.1, -0.05) is 61.0 Å². The third kappa shape index (κ3) is 3.87. The monoisotopic (exact) mass is 398 g/mol. The fraction of sp³-hybridized carbons (Fsp3) is 0.250. The maximum atomic E-state index is 6.00. The molecule has 0 N–H and O–H groups in total. The number of rotatable bonds is 6. The van der Waals surface area contributed by atoms with Crippen molar-refractivity contribution in [3.05, 3.63) is 59.1 Å². The van der Waals surface area contributed by atoms with E-state index in [-0.39, 0.29) is 0 Å². The second kappa shape index (κ2) is 8.15. The van der Waals surface area contributed by atoms with Crippen LogP contribution in [0, 0.1) is 0 Å². The Morgan fingerprint density at radius 2 is 1.93 bits per heavy atom. The smallest absolute Gasteiger partial charge is 0.212 e. The number of hydrogen-bond donors (Lipinski definition) is 0. The molecule has 0 radical (unpaired) electrons. The maximum Gasteiger partial charge on any atom is 0.212 e. The first kappa shape index (κ1) is 18.1. The van der Waals surface area contributed by atoms with Gasteiger partial charge in [0, 0.05) is 10.8 Å². The number of benzene rings is 2. The normalized spacial score (nSPS) is 13.2. The summed E-state index contributed by atoms with van der Waals surface area (Å²) in [5.41, 5.74) is 2.91.